The Morgan fingerprint density at radius 3 is 1.05 bits per heavy atom. The van der Waals surface area contributed by atoms with Crippen molar-refractivity contribution in [1.29, 1.82) is 0 Å². The molecule has 9 heteroatoms. The summed E-state index contributed by atoms with van der Waals surface area (Å²) < 4.78 is 22.7. The van der Waals surface area contributed by atoms with E-state index >= 15 is 0 Å². The van der Waals surface area contributed by atoms with Gasteiger partial charge in [-0.2, -0.15) is 0 Å². The molecule has 2 unspecified atom stereocenters. The van der Waals surface area contributed by atoms with Crippen LogP contribution in [0.2, 0.25) is 0 Å². The normalized spacial score (nSPS) is 13.3. The first-order chi connectivity index (χ1) is 40.6. The highest BCUT2D eigenvalue weighted by Crippen LogP contribution is 2.17. The number of allylic oxidation sites excluding steroid dienone is 16. The molecule has 0 aliphatic heterocycles. The second-order valence-electron chi connectivity index (χ2n) is 24.1. The number of ether oxygens (including phenoxy) is 4. The topological polar surface area (TPSA) is 111 Å². The third kappa shape index (κ3) is 65.6. The molecule has 0 heterocycles. The second kappa shape index (κ2) is 64.2. The largest absolute Gasteiger partial charge is 0.545 e. The van der Waals surface area contributed by atoms with Crippen molar-refractivity contribution in [3.05, 3.63) is 97.2 Å². The van der Waals surface area contributed by atoms with E-state index in [4.69, 9.17) is 18.9 Å². The number of nitrogens with zero attached hydrogens (tertiary/aromatic N) is 1. The summed E-state index contributed by atoms with van der Waals surface area (Å²) in [5.74, 6) is -2.34. The van der Waals surface area contributed by atoms with Gasteiger partial charge in [0.1, 0.15) is 13.2 Å². The number of hydrogen-bond acceptors (Lipinski definition) is 8. The molecule has 0 amide bonds. The van der Waals surface area contributed by atoms with E-state index in [2.05, 4.69) is 111 Å². The molecule has 0 saturated heterocycles. The summed E-state index contributed by atoms with van der Waals surface area (Å²) in [6, 6.07) is 0. The first-order valence-corrected chi connectivity index (χ1v) is 34.4. The summed E-state index contributed by atoms with van der Waals surface area (Å²) in [6.45, 7) is 4.59. The van der Waals surface area contributed by atoms with Crippen molar-refractivity contribution in [2.24, 2.45) is 0 Å². The van der Waals surface area contributed by atoms with Crippen LogP contribution in [0.3, 0.4) is 0 Å². The van der Waals surface area contributed by atoms with Crippen LogP contribution in [0.4, 0.5) is 0 Å². The number of esters is 2. The Morgan fingerprint density at radius 1 is 0.373 bits per heavy atom. The molecule has 0 aromatic carbocycles. The molecule has 0 radical (unpaired) electrons. The van der Waals surface area contributed by atoms with Crippen LogP contribution in [-0.2, 0) is 33.3 Å². The smallest absolute Gasteiger partial charge is 0.306 e. The maximum atomic E-state index is 12.9. The Bertz CT molecular complexity index is 1680. The van der Waals surface area contributed by atoms with Crippen molar-refractivity contribution >= 4 is 17.9 Å². The summed E-state index contributed by atoms with van der Waals surface area (Å²) in [5, 5.41) is 11.8. The molecule has 0 aliphatic rings. The maximum absolute atomic E-state index is 12.9. The number of carbonyl (C=O) groups is 3. The zero-order valence-electron chi connectivity index (χ0n) is 54.5. The molecule has 83 heavy (non-hydrogen) atoms. The van der Waals surface area contributed by atoms with E-state index < -0.39 is 24.3 Å². The highest BCUT2D eigenvalue weighted by Gasteiger charge is 2.22. The number of quaternary nitrogens is 1. The Labute approximate surface area is 512 Å². The first-order valence-electron chi connectivity index (χ1n) is 34.4. The summed E-state index contributed by atoms with van der Waals surface area (Å²) in [6.07, 6.45) is 85.1. The summed E-state index contributed by atoms with van der Waals surface area (Å²) >= 11 is 0. The Hall–Kier alpha value is -3.79. The fourth-order valence-corrected chi connectivity index (χ4v) is 9.57. The van der Waals surface area contributed by atoms with E-state index in [1.807, 2.05) is 21.1 Å². The summed E-state index contributed by atoms with van der Waals surface area (Å²) in [5.41, 5.74) is 0. The number of carboxylic acids is 1. The lowest BCUT2D eigenvalue weighted by Crippen LogP contribution is -2.44. The van der Waals surface area contributed by atoms with Crippen LogP contribution in [0.5, 0.6) is 0 Å². The van der Waals surface area contributed by atoms with Crippen LogP contribution in [-0.4, -0.2) is 82.3 Å². The van der Waals surface area contributed by atoms with E-state index in [0.29, 0.717) is 17.4 Å². The van der Waals surface area contributed by atoms with Gasteiger partial charge in [0.15, 0.2) is 12.4 Å². The van der Waals surface area contributed by atoms with Crippen molar-refractivity contribution in [1.82, 2.24) is 0 Å². The van der Waals surface area contributed by atoms with Crippen molar-refractivity contribution in [3.63, 3.8) is 0 Å². The fraction of sp³-hybridized carbons (Fsp3) is 0.743. The molecule has 0 saturated carbocycles. The SMILES string of the molecule is CC/C=C\C/C=C\C/C=C\C/C=C\C/C=C\C/C=C\CCCCC(=O)OC(COC(=O)CCCCCCCCCCCCCCCCCCCCCCCCCCC/C=C\C/C=C\CCCCCCC)COC(OCC[N+](C)(C)C)C(=O)[O-]. The van der Waals surface area contributed by atoms with Gasteiger partial charge in [-0.3, -0.25) is 9.59 Å². The van der Waals surface area contributed by atoms with Gasteiger partial charge in [-0.1, -0.05) is 284 Å². The zero-order valence-corrected chi connectivity index (χ0v) is 54.5. The van der Waals surface area contributed by atoms with Gasteiger partial charge in [0, 0.05) is 12.8 Å². The molecule has 0 rings (SSSR count). The van der Waals surface area contributed by atoms with Crippen LogP contribution in [0.1, 0.15) is 296 Å². The molecular formula is C74H129NO8. The molecule has 0 aliphatic carbocycles. The number of hydrogen-bond donors (Lipinski definition) is 0. The van der Waals surface area contributed by atoms with E-state index in [-0.39, 0.29) is 38.6 Å². The van der Waals surface area contributed by atoms with Gasteiger partial charge in [-0.15, -0.1) is 0 Å². The predicted octanol–water partition coefficient (Wildman–Crippen LogP) is 19.9. The molecule has 0 N–H and O–H groups in total. The van der Waals surface area contributed by atoms with Crippen LogP contribution in [0.15, 0.2) is 97.2 Å². The van der Waals surface area contributed by atoms with E-state index in [1.54, 1.807) is 0 Å². The maximum Gasteiger partial charge on any atom is 0.306 e. The molecule has 2 atom stereocenters. The summed E-state index contributed by atoms with van der Waals surface area (Å²) in [4.78, 5) is 37.4. The third-order valence-corrected chi connectivity index (χ3v) is 14.8. The minimum atomic E-state index is -1.64. The molecule has 0 aromatic heterocycles. The van der Waals surface area contributed by atoms with Crippen molar-refractivity contribution in [2.75, 3.05) is 47.5 Å². The van der Waals surface area contributed by atoms with Gasteiger partial charge in [-0.25, -0.2) is 0 Å². The Morgan fingerprint density at radius 2 is 0.687 bits per heavy atom. The average Bonchev–Trinajstić information content (AvgIpc) is 3.46. The highest BCUT2D eigenvalue weighted by atomic mass is 16.7. The highest BCUT2D eigenvalue weighted by molar-refractivity contribution is 5.70. The van der Waals surface area contributed by atoms with Crippen LogP contribution < -0.4 is 5.11 Å². The number of carbonyl (C=O) groups excluding carboxylic acids is 3. The molecule has 0 bridgehead atoms. The Balaban J connectivity index is 4.07. The van der Waals surface area contributed by atoms with Gasteiger partial charge in [0.2, 0.25) is 0 Å². The lowest BCUT2D eigenvalue weighted by Gasteiger charge is -2.26. The first kappa shape index (κ1) is 79.2. The van der Waals surface area contributed by atoms with Crippen molar-refractivity contribution in [3.8, 4) is 0 Å². The molecule has 0 fully saturated rings. The minimum Gasteiger partial charge on any atom is -0.545 e. The standard InChI is InChI=1S/C74H129NO8/c1-6-8-10-12-14-16-18-20-22-24-26-28-29-30-31-32-33-34-35-36-37-38-39-40-41-42-43-45-46-48-50-52-54-56-58-60-62-64-71(76)81-68-70(69-82-74(73(78)79)80-67-66-75(3,4)5)83-72(77)65-63-61-59-57-55-53-51-49-47-44-27-25-23-21-19-17-15-13-11-9-7-2/h9,11,15,17-18,20-21,23-24,26-27,44,49,51,55,57,70,74H,6-8,10,12-14,16,19,22,25,28-43,45-48,50,52-54,56,58-69H2,1-5H3/b11-9-,17-15-,20-18-,23-21-,26-24-,44-27-,51-49-,57-55-. The monoisotopic (exact) mass is 1160 g/mol. The quantitative estimate of drug-likeness (QED) is 0.0195. The fourth-order valence-electron chi connectivity index (χ4n) is 9.57. The average molecular weight is 1160 g/mol. The number of rotatable bonds is 63. The van der Waals surface area contributed by atoms with Crippen LogP contribution in [0.25, 0.3) is 0 Å². The lowest BCUT2D eigenvalue weighted by molar-refractivity contribution is -0.870. The van der Waals surface area contributed by atoms with Gasteiger partial charge >= 0.3 is 11.9 Å². The molecule has 0 aromatic rings. The van der Waals surface area contributed by atoms with Gasteiger partial charge in [0.05, 0.1) is 40.3 Å². The minimum absolute atomic E-state index is 0.136. The van der Waals surface area contributed by atoms with Crippen LogP contribution in [0, 0.1) is 0 Å². The zero-order chi connectivity index (χ0) is 60.5. The van der Waals surface area contributed by atoms with Crippen molar-refractivity contribution < 1.29 is 42.9 Å². The van der Waals surface area contributed by atoms with E-state index in [1.165, 1.54) is 186 Å². The molecule has 0 spiro atoms. The number of aliphatic carboxylic acids is 1. The predicted molar refractivity (Wildman–Crippen MR) is 352 cm³/mol. The molecule has 478 valence electrons. The van der Waals surface area contributed by atoms with Gasteiger partial charge in [-0.05, 0) is 96.3 Å². The number of unbranched alkanes of at least 4 members (excludes halogenated alkanes) is 32. The van der Waals surface area contributed by atoms with E-state index in [9.17, 15) is 19.5 Å². The number of likely N-dealkylation sites (N-methyl/N-ethyl adjacent to an activating group) is 1. The van der Waals surface area contributed by atoms with Crippen LogP contribution >= 0.6 is 0 Å². The second-order valence-corrected chi connectivity index (χ2v) is 24.1. The van der Waals surface area contributed by atoms with E-state index in [0.717, 1.165) is 77.0 Å². The Kier molecular flexibility index (Phi) is 61.3. The number of carboxylic acid groups (broad SMARTS) is 1. The van der Waals surface area contributed by atoms with Gasteiger partial charge in [0.25, 0.3) is 0 Å². The summed E-state index contributed by atoms with van der Waals surface area (Å²) in [7, 11) is 5.91. The molecular weight excluding hydrogens is 1030 g/mol. The lowest BCUT2D eigenvalue weighted by atomic mass is 10.0. The molecule has 9 nitrogen and oxygen atoms in total. The van der Waals surface area contributed by atoms with Crippen molar-refractivity contribution in [2.45, 2.75) is 309 Å². The third-order valence-electron chi connectivity index (χ3n) is 14.8. The van der Waals surface area contributed by atoms with Gasteiger partial charge < -0.3 is 33.3 Å².